The van der Waals surface area contributed by atoms with Crippen molar-refractivity contribution < 1.29 is 4.74 Å². The van der Waals surface area contributed by atoms with Crippen molar-refractivity contribution in [1.29, 1.82) is 0 Å². The molecule has 1 unspecified atom stereocenters. The molecule has 0 aliphatic carbocycles. The van der Waals surface area contributed by atoms with E-state index < -0.39 is 0 Å². The van der Waals surface area contributed by atoms with Crippen LogP contribution in [0.4, 0.5) is 0 Å². The van der Waals surface area contributed by atoms with Gasteiger partial charge in [-0.2, -0.15) is 0 Å². The van der Waals surface area contributed by atoms with E-state index in [9.17, 15) is 0 Å². The average molecular weight is 176 g/mol. The monoisotopic (exact) mass is 176 g/mol. The summed E-state index contributed by atoms with van der Waals surface area (Å²) in [6.07, 6.45) is 0.0844. The van der Waals surface area contributed by atoms with Gasteiger partial charge in [0.05, 0.1) is 0 Å². The van der Waals surface area contributed by atoms with Crippen LogP contribution in [-0.2, 0) is 0 Å². The lowest BCUT2D eigenvalue weighted by Crippen LogP contribution is -2.12. The lowest BCUT2D eigenvalue weighted by molar-refractivity contribution is 0.256. The number of para-hydroxylation sites is 1. The standard InChI is InChI=1S/C12H16O/c1-9(2)11(4)13-12-8-6-5-7-10(12)3/h5-8,11H,1H2,2-4H3. The van der Waals surface area contributed by atoms with Gasteiger partial charge in [-0.15, -0.1) is 0 Å². The molecule has 0 spiro atoms. The molecule has 0 aliphatic rings. The molecule has 0 amide bonds. The molecule has 0 saturated carbocycles. The SMILES string of the molecule is C=C(C)C(C)Oc1ccccc1C. The first-order chi connectivity index (χ1) is 6.11. The summed E-state index contributed by atoms with van der Waals surface area (Å²) in [6, 6.07) is 8.01. The van der Waals surface area contributed by atoms with E-state index in [1.165, 1.54) is 0 Å². The molecule has 0 saturated heterocycles. The molecule has 1 heteroatoms. The Morgan fingerprint density at radius 1 is 1.38 bits per heavy atom. The highest BCUT2D eigenvalue weighted by atomic mass is 16.5. The zero-order valence-corrected chi connectivity index (χ0v) is 8.50. The fourth-order valence-electron chi connectivity index (χ4n) is 0.980. The topological polar surface area (TPSA) is 9.23 Å². The van der Waals surface area contributed by atoms with Gasteiger partial charge in [-0.3, -0.25) is 0 Å². The van der Waals surface area contributed by atoms with Crippen LogP contribution in [0.2, 0.25) is 0 Å². The molecule has 70 valence electrons. The minimum absolute atomic E-state index is 0.0844. The molecule has 0 radical (unpaired) electrons. The number of hydrogen-bond acceptors (Lipinski definition) is 1. The maximum absolute atomic E-state index is 5.71. The first kappa shape index (κ1) is 9.85. The second-order valence-corrected chi connectivity index (χ2v) is 3.37. The predicted molar refractivity (Wildman–Crippen MR) is 56.1 cm³/mol. The van der Waals surface area contributed by atoms with E-state index >= 15 is 0 Å². The van der Waals surface area contributed by atoms with Crippen molar-refractivity contribution in [2.75, 3.05) is 0 Å². The maximum Gasteiger partial charge on any atom is 0.123 e. The maximum atomic E-state index is 5.71. The van der Waals surface area contributed by atoms with E-state index in [4.69, 9.17) is 4.74 Å². The van der Waals surface area contributed by atoms with Gasteiger partial charge >= 0.3 is 0 Å². The van der Waals surface area contributed by atoms with E-state index in [-0.39, 0.29) is 6.10 Å². The first-order valence-corrected chi connectivity index (χ1v) is 4.49. The molecular weight excluding hydrogens is 160 g/mol. The van der Waals surface area contributed by atoms with E-state index in [1.807, 2.05) is 45.0 Å². The second-order valence-electron chi connectivity index (χ2n) is 3.37. The Kier molecular flexibility index (Phi) is 3.13. The van der Waals surface area contributed by atoms with Crippen LogP contribution in [0, 0.1) is 6.92 Å². The molecule has 0 aromatic heterocycles. The highest BCUT2D eigenvalue weighted by Crippen LogP contribution is 2.19. The third-order valence-corrected chi connectivity index (χ3v) is 2.09. The number of aryl methyl sites for hydroxylation is 1. The van der Waals surface area contributed by atoms with E-state index in [0.29, 0.717) is 0 Å². The molecule has 0 heterocycles. The van der Waals surface area contributed by atoms with Gasteiger partial charge in [0.1, 0.15) is 11.9 Å². The van der Waals surface area contributed by atoms with E-state index in [0.717, 1.165) is 16.9 Å². The van der Waals surface area contributed by atoms with Gasteiger partial charge in [0.15, 0.2) is 0 Å². The molecule has 1 atom stereocenters. The Balaban J connectivity index is 2.74. The van der Waals surface area contributed by atoms with Crippen molar-refractivity contribution in [3.63, 3.8) is 0 Å². The van der Waals surface area contributed by atoms with Crippen LogP contribution in [-0.4, -0.2) is 6.10 Å². The smallest absolute Gasteiger partial charge is 0.123 e. The van der Waals surface area contributed by atoms with E-state index in [1.54, 1.807) is 0 Å². The minimum atomic E-state index is 0.0844. The zero-order chi connectivity index (χ0) is 9.84. The summed E-state index contributed by atoms with van der Waals surface area (Å²) >= 11 is 0. The van der Waals surface area contributed by atoms with Crippen LogP contribution in [0.25, 0.3) is 0 Å². The fourth-order valence-corrected chi connectivity index (χ4v) is 0.980. The Hall–Kier alpha value is -1.24. The van der Waals surface area contributed by atoms with Crippen LogP contribution < -0.4 is 4.74 Å². The molecule has 0 fully saturated rings. The molecule has 1 nitrogen and oxygen atoms in total. The van der Waals surface area contributed by atoms with Crippen molar-refractivity contribution in [1.82, 2.24) is 0 Å². The normalized spacial score (nSPS) is 12.2. The minimum Gasteiger partial charge on any atom is -0.486 e. The fraction of sp³-hybridized carbons (Fsp3) is 0.333. The number of hydrogen-bond donors (Lipinski definition) is 0. The summed E-state index contributed by atoms with van der Waals surface area (Å²) in [4.78, 5) is 0. The summed E-state index contributed by atoms with van der Waals surface area (Å²) in [5, 5.41) is 0. The van der Waals surface area contributed by atoms with Crippen LogP contribution in [0.1, 0.15) is 19.4 Å². The van der Waals surface area contributed by atoms with Gasteiger partial charge in [-0.1, -0.05) is 24.8 Å². The number of benzene rings is 1. The van der Waals surface area contributed by atoms with Gasteiger partial charge in [0.2, 0.25) is 0 Å². The summed E-state index contributed by atoms with van der Waals surface area (Å²) < 4.78 is 5.71. The molecule has 0 N–H and O–H groups in total. The molecule has 1 aromatic rings. The molecular formula is C12H16O. The number of rotatable bonds is 3. The molecule has 13 heavy (non-hydrogen) atoms. The first-order valence-electron chi connectivity index (χ1n) is 4.49. The average Bonchev–Trinajstić information content (AvgIpc) is 2.08. The van der Waals surface area contributed by atoms with E-state index in [2.05, 4.69) is 6.58 Å². The van der Waals surface area contributed by atoms with Gasteiger partial charge < -0.3 is 4.74 Å². The predicted octanol–water partition coefficient (Wildman–Crippen LogP) is 3.34. The van der Waals surface area contributed by atoms with Crippen LogP contribution in [0.5, 0.6) is 5.75 Å². The number of ether oxygens (including phenoxy) is 1. The van der Waals surface area contributed by atoms with Gasteiger partial charge in [0, 0.05) is 0 Å². The molecule has 0 aliphatic heterocycles. The van der Waals surface area contributed by atoms with Crippen LogP contribution in [0.3, 0.4) is 0 Å². The quantitative estimate of drug-likeness (QED) is 0.642. The lowest BCUT2D eigenvalue weighted by atomic mass is 10.2. The third-order valence-electron chi connectivity index (χ3n) is 2.09. The third kappa shape index (κ3) is 2.62. The van der Waals surface area contributed by atoms with Crippen molar-refractivity contribution in [2.24, 2.45) is 0 Å². The Morgan fingerprint density at radius 3 is 2.54 bits per heavy atom. The summed E-state index contributed by atoms with van der Waals surface area (Å²) in [5.41, 5.74) is 2.21. The summed E-state index contributed by atoms with van der Waals surface area (Å²) in [6.45, 7) is 9.88. The Morgan fingerprint density at radius 2 is 2.00 bits per heavy atom. The Bertz CT molecular complexity index is 302. The van der Waals surface area contributed by atoms with Crippen LogP contribution in [0.15, 0.2) is 36.4 Å². The second kappa shape index (κ2) is 4.13. The van der Waals surface area contributed by atoms with Gasteiger partial charge in [-0.25, -0.2) is 0 Å². The van der Waals surface area contributed by atoms with Crippen molar-refractivity contribution >= 4 is 0 Å². The summed E-state index contributed by atoms with van der Waals surface area (Å²) in [5.74, 6) is 0.943. The zero-order valence-electron chi connectivity index (χ0n) is 8.50. The highest BCUT2D eigenvalue weighted by molar-refractivity contribution is 5.32. The van der Waals surface area contributed by atoms with Gasteiger partial charge in [-0.05, 0) is 38.0 Å². The van der Waals surface area contributed by atoms with Crippen molar-refractivity contribution in [3.8, 4) is 5.75 Å². The van der Waals surface area contributed by atoms with Crippen molar-refractivity contribution in [3.05, 3.63) is 42.0 Å². The highest BCUT2D eigenvalue weighted by Gasteiger charge is 2.05. The van der Waals surface area contributed by atoms with Crippen molar-refractivity contribution in [2.45, 2.75) is 26.9 Å². The molecule has 1 aromatic carbocycles. The molecule has 1 rings (SSSR count). The van der Waals surface area contributed by atoms with Crippen LogP contribution >= 0.6 is 0 Å². The van der Waals surface area contributed by atoms with Gasteiger partial charge in [0.25, 0.3) is 0 Å². The Labute approximate surface area is 80.0 Å². The lowest BCUT2D eigenvalue weighted by Gasteiger charge is -2.15. The largest absolute Gasteiger partial charge is 0.486 e. The molecule has 0 bridgehead atoms. The summed E-state index contributed by atoms with van der Waals surface area (Å²) in [7, 11) is 0.